The summed E-state index contributed by atoms with van der Waals surface area (Å²) in [6, 6.07) is 10.8. The van der Waals surface area contributed by atoms with Crippen LogP contribution >= 0.6 is 0 Å². The number of hydrogen-bond acceptors (Lipinski definition) is 4. The van der Waals surface area contributed by atoms with E-state index >= 15 is 0 Å². The molecule has 0 saturated carbocycles. The largest absolute Gasteiger partial charge is 0.454 e. The molecule has 2 N–H and O–H groups in total. The Morgan fingerprint density at radius 2 is 1.96 bits per heavy atom. The zero-order valence-electron chi connectivity index (χ0n) is 15.8. The van der Waals surface area contributed by atoms with Gasteiger partial charge in [0.25, 0.3) is 5.91 Å². The number of hydrogen-bond donors (Lipinski definition) is 2. The second-order valence-electron chi connectivity index (χ2n) is 6.23. The van der Waals surface area contributed by atoms with Crippen molar-refractivity contribution in [1.82, 2.24) is 20.2 Å². The molecule has 0 radical (unpaired) electrons. The summed E-state index contributed by atoms with van der Waals surface area (Å²) in [7, 11) is 1.54. The highest BCUT2D eigenvalue weighted by Crippen LogP contribution is 2.24. The van der Waals surface area contributed by atoms with E-state index in [0.717, 1.165) is 23.3 Å². The first kappa shape index (κ1) is 18.7. The summed E-state index contributed by atoms with van der Waals surface area (Å²) in [5.74, 6) is 1.24. The Balaban J connectivity index is 1.79. The molecule has 2 amide bonds. The minimum Gasteiger partial charge on any atom is -0.454 e. The average molecular weight is 368 g/mol. The van der Waals surface area contributed by atoms with Crippen LogP contribution in [0.3, 0.4) is 0 Å². The number of fused-ring (bicyclic) bond motifs is 1. The summed E-state index contributed by atoms with van der Waals surface area (Å²) in [5.41, 5.74) is 1.85. The van der Waals surface area contributed by atoms with Crippen molar-refractivity contribution in [1.29, 1.82) is 0 Å². The standard InChI is InChI=1S/C20H24N4O3/c1-4-15(24-16-9-7-6-8-14(16)23-18(24)5-2)19(25)22-12-13-10-11-17(27-13)20(26)21-3/h6-11,15H,4-5,12H2,1-3H3,(H,21,26)(H,22,25)/t15-/m0/s1. The first-order valence-electron chi connectivity index (χ1n) is 9.13. The predicted molar refractivity (Wildman–Crippen MR) is 102 cm³/mol. The van der Waals surface area contributed by atoms with Gasteiger partial charge in [0.15, 0.2) is 5.76 Å². The van der Waals surface area contributed by atoms with Crippen molar-refractivity contribution >= 4 is 22.8 Å². The van der Waals surface area contributed by atoms with E-state index in [2.05, 4.69) is 15.6 Å². The second-order valence-corrected chi connectivity index (χ2v) is 6.23. The van der Waals surface area contributed by atoms with Crippen LogP contribution in [0.15, 0.2) is 40.8 Å². The number of aryl methyl sites for hydroxylation is 1. The molecule has 0 fully saturated rings. The Hall–Kier alpha value is -3.09. The van der Waals surface area contributed by atoms with E-state index in [1.807, 2.05) is 42.7 Å². The molecule has 0 saturated heterocycles. The third-order valence-electron chi connectivity index (χ3n) is 4.54. The van der Waals surface area contributed by atoms with E-state index in [9.17, 15) is 9.59 Å². The second kappa shape index (κ2) is 8.07. The molecule has 0 aliphatic heterocycles. The van der Waals surface area contributed by atoms with Gasteiger partial charge in [-0.1, -0.05) is 26.0 Å². The molecule has 0 bridgehead atoms. The molecule has 7 nitrogen and oxygen atoms in total. The number of benzene rings is 1. The average Bonchev–Trinajstić information content (AvgIpc) is 3.31. The van der Waals surface area contributed by atoms with Crippen molar-refractivity contribution in [3.05, 3.63) is 53.7 Å². The van der Waals surface area contributed by atoms with Crippen LogP contribution in [0.1, 0.15) is 48.4 Å². The molecule has 0 aliphatic rings. The molecule has 0 unspecified atom stereocenters. The first-order chi connectivity index (χ1) is 13.1. The maximum absolute atomic E-state index is 12.9. The highest BCUT2D eigenvalue weighted by atomic mass is 16.4. The molecule has 3 aromatic rings. The van der Waals surface area contributed by atoms with Gasteiger partial charge >= 0.3 is 0 Å². The van der Waals surface area contributed by atoms with Crippen molar-refractivity contribution < 1.29 is 14.0 Å². The fraction of sp³-hybridized carbons (Fsp3) is 0.350. The number of carbonyl (C=O) groups is 2. The smallest absolute Gasteiger partial charge is 0.286 e. The number of imidazole rings is 1. The number of furan rings is 1. The highest BCUT2D eigenvalue weighted by molar-refractivity contribution is 5.91. The Morgan fingerprint density at radius 3 is 2.67 bits per heavy atom. The number of nitrogens with zero attached hydrogens (tertiary/aromatic N) is 2. The lowest BCUT2D eigenvalue weighted by molar-refractivity contribution is -0.124. The molecule has 2 aromatic heterocycles. The number of rotatable bonds is 7. The Morgan fingerprint density at radius 1 is 1.19 bits per heavy atom. The van der Waals surface area contributed by atoms with Crippen LogP contribution in [-0.2, 0) is 17.8 Å². The van der Waals surface area contributed by atoms with E-state index in [-0.39, 0.29) is 30.2 Å². The minimum atomic E-state index is -0.360. The van der Waals surface area contributed by atoms with Gasteiger partial charge in [0.2, 0.25) is 5.91 Å². The Bertz CT molecular complexity index is 957. The van der Waals surface area contributed by atoms with Gasteiger partial charge in [0, 0.05) is 13.5 Å². The lowest BCUT2D eigenvalue weighted by atomic mass is 10.2. The van der Waals surface area contributed by atoms with Crippen molar-refractivity contribution in [2.45, 2.75) is 39.3 Å². The molecule has 27 heavy (non-hydrogen) atoms. The predicted octanol–water partition coefficient (Wildman–Crippen LogP) is 2.82. The SMILES string of the molecule is CCc1nc2ccccc2n1[C@@H](CC)C(=O)NCc1ccc(C(=O)NC)o1. The summed E-state index contributed by atoms with van der Waals surface area (Å²) in [6.07, 6.45) is 1.38. The number of carbonyl (C=O) groups excluding carboxylic acids is 2. The molecule has 7 heteroatoms. The summed E-state index contributed by atoms with van der Waals surface area (Å²) in [5, 5.41) is 5.42. The van der Waals surface area contributed by atoms with Crippen molar-refractivity contribution in [2.24, 2.45) is 0 Å². The fourth-order valence-corrected chi connectivity index (χ4v) is 3.19. The summed E-state index contributed by atoms with van der Waals surface area (Å²) < 4.78 is 7.48. The molecule has 2 heterocycles. The summed E-state index contributed by atoms with van der Waals surface area (Å²) in [4.78, 5) is 29.1. The van der Waals surface area contributed by atoms with Gasteiger partial charge in [-0.3, -0.25) is 9.59 Å². The van der Waals surface area contributed by atoms with Crippen LogP contribution in [0.2, 0.25) is 0 Å². The van der Waals surface area contributed by atoms with Crippen LogP contribution in [0, 0.1) is 0 Å². The molecule has 1 aromatic carbocycles. The fourth-order valence-electron chi connectivity index (χ4n) is 3.19. The van der Waals surface area contributed by atoms with Crippen LogP contribution in [0.5, 0.6) is 0 Å². The maximum Gasteiger partial charge on any atom is 0.286 e. The molecular formula is C20H24N4O3. The molecule has 0 aliphatic carbocycles. The third kappa shape index (κ3) is 3.72. The van der Waals surface area contributed by atoms with Gasteiger partial charge in [-0.15, -0.1) is 0 Å². The van der Waals surface area contributed by atoms with Crippen LogP contribution in [-0.4, -0.2) is 28.4 Å². The highest BCUT2D eigenvalue weighted by Gasteiger charge is 2.23. The van der Waals surface area contributed by atoms with Gasteiger partial charge in [-0.2, -0.15) is 0 Å². The van der Waals surface area contributed by atoms with Gasteiger partial charge < -0.3 is 19.6 Å². The number of nitrogens with one attached hydrogen (secondary N) is 2. The number of para-hydroxylation sites is 2. The van der Waals surface area contributed by atoms with Crippen LogP contribution < -0.4 is 10.6 Å². The number of aromatic nitrogens is 2. The van der Waals surface area contributed by atoms with Crippen molar-refractivity contribution in [2.75, 3.05) is 7.05 Å². The summed E-state index contributed by atoms with van der Waals surface area (Å²) >= 11 is 0. The molecule has 0 spiro atoms. The Labute approximate surface area is 157 Å². The van der Waals surface area contributed by atoms with E-state index < -0.39 is 0 Å². The molecule has 3 rings (SSSR count). The van der Waals surface area contributed by atoms with Gasteiger partial charge in [0.05, 0.1) is 17.6 Å². The van der Waals surface area contributed by atoms with Crippen molar-refractivity contribution in [3.63, 3.8) is 0 Å². The van der Waals surface area contributed by atoms with Crippen molar-refractivity contribution in [3.8, 4) is 0 Å². The Kier molecular flexibility index (Phi) is 5.59. The minimum absolute atomic E-state index is 0.103. The molecule has 142 valence electrons. The van der Waals surface area contributed by atoms with Gasteiger partial charge in [0.1, 0.15) is 17.6 Å². The summed E-state index contributed by atoms with van der Waals surface area (Å²) in [6.45, 7) is 4.24. The van der Waals surface area contributed by atoms with Gasteiger partial charge in [-0.25, -0.2) is 4.98 Å². The van der Waals surface area contributed by atoms with Crippen LogP contribution in [0.4, 0.5) is 0 Å². The maximum atomic E-state index is 12.9. The monoisotopic (exact) mass is 368 g/mol. The van der Waals surface area contributed by atoms with E-state index in [1.54, 1.807) is 19.2 Å². The van der Waals surface area contributed by atoms with E-state index in [4.69, 9.17) is 4.42 Å². The van der Waals surface area contributed by atoms with Gasteiger partial charge in [-0.05, 0) is 30.7 Å². The lowest BCUT2D eigenvalue weighted by Gasteiger charge is -2.19. The normalized spacial score (nSPS) is 12.1. The molecular weight excluding hydrogens is 344 g/mol. The molecule has 1 atom stereocenters. The van der Waals surface area contributed by atoms with E-state index in [1.165, 1.54) is 0 Å². The first-order valence-corrected chi connectivity index (χ1v) is 9.13. The topological polar surface area (TPSA) is 89.2 Å². The number of amides is 2. The van der Waals surface area contributed by atoms with E-state index in [0.29, 0.717) is 12.2 Å². The quantitative estimate of drug-likeness (QED) is 0.671. The third-order valence-corrected chi connectivity index (χ3v) is 4.54. The zero-order valence-corrected chi connectivity index (χ0v) is 15.8. The lowest BCUT2D eigenvalue weighted by Crippen LogP contribution is -2.32. The zero-order chi connectivity index (χ0) is 19.4. The van der Waals surface area contributed by atoms with Crippen LogP contribution in [0.25, 0.3) is 11.0 Å².